The minimum Gasteiger partial charge on any atom is -0.339 e. The van der Waals surface area contributed by atoms with E-state index in [0.717, 1.165) is 25.2 Å². The number of anilines is 3. The van der Waals surface area contributed by atoms with Gasteiger partial charge in [0, 0.05) is 18.8 Å². The summed E-state index contributed by atoms with van der Waals surface area (Å²) >= 11 is 0. The maximum atomic E-state index is 4.66. The molecule has 4 rings (SSSR count). The minimum atomic E-state index is 0.526. The molecule has 1 aromatic heterocycles. The first-order valence-electron chi connectivity index (χ1n) is 9.07. The maximum absolute atomic E-state index is 4.66. The lowest BCUT2D eigenvalue weighted by Crippen LogP contribution is -2.32. The van der Waals surface area contributed by atoms with Gasteiger partial charge < -0.3 is 10.2 Å². The lowest BCUT2D eigenvalue weighted by Gasteiger charge is -2.28. The van der Waals surface area contributed by atoms with Gasteiger partial charge in [0.25, 0.3) is 0 Å². The van der Waals surface area contributed by atoms with Gasteiger partial charge in [0.15, 0.2) is 5.82 Å². The van der Waals surface area contributed by atoms with E-state index in [0.29, 0.717) is 17.7 Å². The Kier molecular flexibility index (Phi) is 4.52. The lowest BCUT2D eigenvalue weighted by molar-refractivity contribution is 0.698. The number of benzene rings is 2. The Morgan fingerprint density at radius 2 is 1.77 bits per heavy atom. The third-order valence-electron chi connectivity index (χ3n) is 4.81. The first-order valence-corrected chi connectivity index (χ1v) is 9.07. The van der Waals surface area contributed by atoms with Crippen molar-refractivity contribution >= 4 is 17.5 Å². The molecule has 0 radical (unpaired) electrons. The summed E-state index contributed by atoms with van der Waals surface area (Å²) in [6.07, 6.45) is 2.67. The topological polar surface area (TPSA) is 53.9 Å². The second kappa shape index (κ2) is 7.12. The van der Waals surface area contributed by atoms with Gasteiger partial charge in [-0.2, -0.15) is 10.1 Å². The summed E-state index contributed by atoms with van der Waals surface area (Å²) in [6, 6.07) is 17.0. The fraction of sp³-hybridized carbons (Fsp3) is 0.286. The first kappa shape index (κ1) is 16.5. The van der Waals surface area contributed by atoms with Crippen molar-refractivity contribution in [3.05, 3.63) is 71.4 Å². The molecule has 132 valence electrons. The molecule has 0 aliphatic carbocycles. The van der Waals surface area contributed by atoms with E-state index in [1.54, 1.807) is 6.20 Å². The molecule has 0 atom stereocenters. The standard InChI is InChI=1S/C21H23N5/c1-15(2)16-7-9-19(10-8-16)23-20-13-22-25-21(24-20)26-12-11-17-5-3-4-6-18(17)14-26/h3-10,13,15H,11-12,14H2,1-2H3,(H,23,24,25). The van der Waals surface area contributed by atoms with Gasteiger partial charge in [-0.15, -0.1) is 5.10 Å². The van der Waals surface area contributed by atoms with Gasteiger partial charge in [-0.05, 0) is 41.2 Å². The van der Waals surface area contributed by atoms with Gasteiger partial charge in [-0.25, -0.2) is 0 Å². The quantitative estimate of drug-likeness (QED) is 0.764. The van der Waals surface area contributed by atoms with Crippen LogP contribution in [0.15, 0.2) is 54.7 Å². The van der Waals surface area contributed by atoms with Crippen LogP contribution in [0.4, 0.5) is 17.5 Å². The molecule has 0 amide bonds. The van der Waals surface area contributed by atoms with Gasteiger partial charge in [-0.1, -0.05) is 50.2 Å². The number of fused-ring (bicyclic) bond motifs is 1. The van der Waals surface area contributed by atoms with Crippen LogP contribution >= 0.6 is 0 Å². The fourth-order valence-electron chi connectivity index (χ4n) is 3.25. The second-order valence-electron chi connectivity index (χ2n) is 6.98. The molecule has 3 aromatic rings. The van der Waals surface area contributed by atoms with Gasteiger partial charge in [0.2, 0.25) is 5.95 Å². The van der Waals surface area contributed by atoms with Crippen LogP contribution in [-0.2, 0) is 13.0 Å². The van der Waals surface area contributed by atoms with E-state index in [9.17, 15) is 0 Å². The number of nitrogens with one attached hydrogen (secondary N) is 1. The molecule has 0 bridgehead atoms. The predicted octanol–water partition coefficient (Wildman–Crippen LogP) is 4.30. The van der Waals surface area contributed by atoms with Crippen molar-refractivity contribution in [3.8, 4) is 0 Å². The van der Waals surface area contributed by atoms with E-state index in [2.05, 4.69) is 87.8 Å². The van der Waals surface area contributed by atoms with Crippen molar-refractivity contribution in [2.24, 2.45) is 0 Å². The zero-order chi connectivity index (χ0) is 17.9. The average molecular weight is 345 g/mol. The van der Waals surface area contributed by atoms with Crippen LogP contribution in [0.3, 0.4) is 0 Å². The van der Waals surface area contributed by atoms with E-state index in [1.807, 2.05) is 0 Å². The number of rotatable bonds is 4. The molecule has 5 nitrogen and oxygen atoms in total. The zero-order valence-corrected chi connectivity index (χ0v) is 15.2. The van der Waals surface area contributed by atoms with Crippen LogP contribution in [0.2, 0.25) is 0 Å². The summed E-state index contributed by atoms with van der Waals surface area (Å²) in [5.41, 5.74) is 5.08. The molecule has 2 heterocycles. The number of hydrogen-bond acceptors (Lipinski definition) is 5. The van der Waals surface area contributed by atoms with Gasteiger partial charge in [0.1, 0.15) is 0 Å². The summed E-state index contributed by atoms with van der Waals surface area (Å²) < 4.78 is 0. The van der Waals surface area contributed by atoms with E-state index >= 15 is 0 Å². The molecule has 5 heteroatoms. The van der Waals surface area contributed by atoms with Crippen LogP contribution in [0, 0.1) is 0 Å². The van der Waals surface area contributed by atoms with Crippen LogP contribution < -0.4 is 10.2 Å². The Labute approximate surface area is 154 Å². The molecular formula is C21H23N5. The Hall–Kier alpha value is -2.95. The number of aromatic nitrogens is 3. The summed E-state index contributed by atoms with van der Waals surface area (Å²) in [5, 5.41) is 11.7. The second-order valence-corrected chi connectivity index (χ2v) is 6.98. The Morgan fingerprint density at radius 1 is 1.00 bits per heavy atom. The van der Waals surface area contributed by atoms with Crippen molar-refractivity contribution in [3.63, 3.8) is 0 Å². The van der Waals surface area contributed by atoms with E-state index < -0.39 is 0 Å². The van der Waals surface area contributed by atoms with E-state index in [1.165, 1.54) is 16.7 Å². The molecule has 0 saturated heterocycles. The SMILES string of the molecule is CC(C)c1ccc(Nc2cnnc(N3CCc4ccccc4C3)n2)cc1. The lowest BCUT2D eigenvalue weighted by atomic mass is 10.0. The molecule has 1 aliphatic rings. The smallest absolute Gasteiger partial charge is 0.247 e. The van der Waals surface area contributed by atoms with Crippen molar-refractivity contribution in [2.75, 3.05) is 16.8 Å². The summed E-state index contributed by atoms with van der Waals surface area (Å²) in [6.45, 7) is 6.12. The molecule has 0 fully saturated rings. The normalized spacial score (nSPS) is 13.6. The highest BCUT2D eigenvalue weighted by molar-refractivity contribution is 5.57. The molecule has 0 spiro atoms. The van der Waals surface area contributed by atoms with Crippen molar-refractivity contribution in [1.82, 2.24) is 15.2 Å². The summed E-state index contributed by atoms with van der Waals surface area (Å²) in [4.78, 5) is 6.85. The monoisotopic (exact) mass is 345 g/mol. The van der Waals surface area contributed by atoms with E-state index in [-0.39, 0.29) is 0 Å². The van der Waals surface area contributed by atoms with E-state index in [4.69, 9.17) is 0 Å². The average Bonchev–Trinajstić information content (AvgIpc) is 2.68. The van der Waals surface area contributed by atoms with Gasteiger partial charge >= 0.3 is 0 Å². The first-order chi connectivity index (χ1) is 12.7. The largest absolute Gasteiger partial charge is 0.339 e. The molecule has 0 unspecified atom stereocenters. The predicted molar refractivity (Wildman–Crippen MR) is 105 cm³/mol. The van der Waals surface area contributed by atoms with Crippen LogP contribution in [0.1, 0.15) is 36.5 Å². The number of hydrogen-bond donors (Lipinski definition) is 1. The highest BCUT2D eigenvalue weighted by atomic mass is 15.3. The molecule has 0 saturated carbocycles. The Balaban J connectivity index is 1.50. The molecule has 1 aliphatic heterocycles. The van der Waals surface area contributed by atoms with Gasteiger partial charge in [-0.3, -0.25) is 0 Å². The van der Waals surface area contributed by atoms with Crippen LogP contribution in [-0.4, -0.2) is 21.7 Å². The molecule has 2 aromatic carbocycles. The highest BCUT2D eigenvalue weighted by Crippen LogP contribution is 2.23. The van der Waals surface area contributed by atoms with Gasteiger partial charge in [0.05, 0.1) is 6.20 Å². The third-order valence-corrected chi connectivity index (χ3v) is 4.81. The summed E-state index contributed by atoms with van der Waals surface area (Å²) in [5.74, 6) is 1.91. The minimum absolute atomic E-state index is 0.526. The summed E-state index contributed by atoms with van der Waals surface area (Å²) in [7, 11) is 0. The maximum Gasteiger partial charge on any atom is 0.247 e. The molecule has 26 heavy (non-hydrogen) atoms. The Bertz CT molecular complexity index is 889. The highest BCUT2D eigenvalue weighted by Gasteiger charge is 2.18. The van der Waals surface area contributed by atoms with Crippen molar-refractivity contribution in [2.45, 2.75) is 32.7 Å². The Morgan fingerprint density at radius 3 is 2.54 bits per heavy atom. The zero-order valence-electron chi connectivity index (χ0n) is 15.2. The number of nitrogens with zero attached hydrogens (tertiary/aromatic N) is 4. The third kappa shape index (κ3) is 3.52. The van der Waals surface area contributed by atoms with Crippen molar-refractivity contribution < 1.29 is 0 Å². The fourth-order valence-corrected chi connectivity index (χ4v) is 3.25. The van der Waals surface area contributed by atoms with Crippen LogP contribution in [0.5, 0.6) is 0 Å². The van der Waals surface area contributed by atoms with Crippen LogP contribution in [0.25, 0.3) is 0 Å². The molecule has 1 N–H and O–H groups in total. The molecular weight excluding hydrogens is 322 g/mol. The van der Waals surface area contributed by atoms with Crippen molar-refractivity contribution in [1.29, 1.82) is 0 Å².